The molecule has 1 saturated carbocycles. The highest BCUT2D eigenvalue weighted by atomic mass is 32.1. The highest BCUT2D eigenvalue weighted by Gasteiger charge is 2.52. The number of aliphatic imine (C=N–C) groups is 2. The molecular weight excluding hydrogens is 718 g/mol. The number of carbonyl (C=O) groups is 2. The van der Waals surface area contributed by atoms with Crippen LogP contribution in [0, 0.1) is 72.0 Å². The number of Topliss-reactive ketones (excluding diaryl/α,β-unsaturated/α-hetero) is 2. The lowest BCUT2D eigenvalue weighted by Gasteiger charge is -2.25. The number of allylic oxidation sites excluding steroid dienone is 4. The van der Waals surface area contributed by atoms with E-state index in [2.05, 4.69) is 28.5 Å². The Hall–Kier alpha value is -6.25. The molecule has 2 atom stereocenters. The largest absolute Gasteiger partial charge is 0.287 e. The van der Waals surface area contributed by atoms with Crippen molar-refractivity contribution >= 4 is 66.8 Å². The Labute approximate surface area is 308 Å². The number of hydrogen-bond donors (Lipinski definition) is 0. The van der Waals surface area contributed by atoms with Gasteiger partial charge in [0.15, 0.2) is 11.6 Å². The van der Waals surface area contributed by atoms with Gasteiger partial charge in [-0.1, -0.05) is 13.8 Å². The number of nitrogens with zero attached hydrogens (tertiary/aromatic N) is 6. The number of halogens is 3. The van der Waals surface area contributed by atoms with Crippen LogP contribution in [0.4, 0.5) is 23.2 Å². The fraction of sp³-hybridized carbons (Fsp3) is 0.200. The number of fused-ring (bicyclic) bond motifs is 7. The maximum absolute atomic E-state index is 14.6. The average molecular weight is 739 g/mol. The van der Waals surface area contributed by atoms with E-state index in [1.807, 2.05) is 18.2 Å². The molecule has 13 heteroatoms. The van der Waals surface area contributed by atoms with Crippen molar-refractivity contribution < 1.29 is 22.8 Å². The molecule has 2 aromatic carbocycles. The molecule has 0 amide bonds. The first-order valence-electron chi connectivity index (χ1n) is 16.3. The molecule has 8 nitrogen and oxygen atoms in total. The molecule has 0 unspecified atom stereocenters. The monoisotopic (exact) mass is 738 g/mol. The second-order valence-electron chi connectivity index (χ2n) is 13.5. The maximum Gasteiger partial charge on any atom is 0.271 e. The summed E-state index contributed by atoms with van der Waals surface area (Å²) in [4.78, 5) is 45.0. The van der Waals surface area contributed by atoms with Gasteiger partial charge in [0.2, 0.25) is 11.6 Å². The van der Waals surface area contributed by atoms with Gasteiger partial charge in [-0.2, -0.15) is 0 Å². The van der Waals surface area contributed by atoms with E-state index in [1.165, 1.54) is 35.7 Å². The molecule has 1 fully saturated rings. The summed E-state index contributed by atoms with van der Waals surface area (Å²) in [5.74, 6) is -3.72. The number of nitriles is 2. The summed E-state index contributed by atoms with van der Waals surface area (Å²) in [5, 5.41) is 20.4. The molecule has 53 heavy (non-hydrogen) atoms. The van der Waals surface area contributed by atoms with Gasteiger partial charge in [-0.3, -0.25) is 9.59 Å². The van der Waals surface area contributed by atoms with Gasteiger partial charge in [-0.25, -0.2) is 43.4 Å². The first-order valence-corrected chi connectivity index (χ1v) is 17.9. The number of thiophene rings is 2. The third-order valence-electron chi connectivity index (χ3n) is 10.6. The third-order valence-corrected chi connectivity index (χ3v) is 12.9. The lowest BCUT2D eigenvalue weighted by molar-refractivity contribution is 0.106. The Bertz CT molecular complexity index is 2540. The van der Waals surface area contributed by atoms with Crippen LogP contribution in [0.15, 0.2) is 57.8 Å². The Morgan fingerprint density at radius 2 is 1.15 bits per heavy atom. The second-order valence-corrected chi connectivity index (χ2v) is 15.6. The van der Waals surface area contributed by atoms with Crippen LogP contribution >= 0.6 is 22.7 Å². The van der Waals surface area contributed by atoms with Gasteiger partial charge in [0.25, 0.3) is 11.4 Å². The molecule has 2 aromatic heterocycles. The zero-order valence-electron chi connectivity index (χ0n) is 28.0. The molecular formula is C40H21F3N6O2S2. The first kappa shape index (κ1) is 33.9. The topological polar surface area (TPSA) is 115 Å². The summed E-state index contributed by atoms with van der Waals surface area (Å²) >= 11 is 2.60. The van der Waals surface area contributed by atoms with Crippen molar-refractivity contribution in [1.82, 2.24) is 0 Å². The van der Waals surface area contributed by atoms with Crippen LogP contribution in [0.3, 0.4) is 0 Å². The Morgan fingerprint density at radius 3 is 1.58 bits per heavy atom. The van der Waals surface area contributed by atoms with Crippen LogP contribution in [0.5, 0.6) is 0 Å². The molecule has 4 aromatic rings. The summed E-state index contributed by atoms with van der Waals surface area (Å²) in [5.41, 5.74) is 0.580. The molecule has 256 valence electrons. The van der Waals surface area contributed by atoms with Crippen molar-refractivity contribution in [2.45, 2.75) is 39.0 Å². The Balaban J connectivity index is 1.29. The van der Waals surface area contributed by atoms with Gasteiger partial charge in [0.1, 0.15) is 27.2 Å². The summed E-state index contributed by atoms with van der Waals surface area (Å²) < 4.78 is 43.2. The fourth-order valence-electron chi connectivity index (χ4n) is 8.03. The molecule has 4 aliphatic rings. The van der Waals surface area contributed by atoms with Crippen LogP contribution in [0.2, 0.25) is 0 Å². The molecule has 0 bridgehead atoms. The van der Waals surface area contributed by atoms with E-state index in [-0.39, 0.29) is 56.1 Å². The Morgan fingerprint density at radius 1 is 0.736 bits per heavy atom. The van der Waals surface area contributed by atoms with E-state index in [1.54, 1.807) is 6.07 Å². The van der Waals surface area contributed by atoms with Crippen molar-refractivity contribution in [3.63, 3.8) is 0 Å². The van der Waals surface area contributed by atoms with Crippen molar-refractivity contribution in [2.24, 2.45) is 21.8 Å². The molecule has 0 saturated heterocycles. The van der Waals surface area contributed by atoms with E-state index < -0.39 is 40.1 Å². The highest BCUT2D eigenvalue weighted by molar-refractivity contribution is 7.26. The predicted molar refractivity (Wildman–Crippen MR) is 195 cm³/mol. The third kappa shape index (κ3) is 4.75. The summed E-state index contributed by atoms with van der Waals surface area (Å²) in [6.07, 6.45) is 1.56. The van der Waals surface area contributed by atoms with Gasteiger partial charge < -0.3 is 0 Å². The van der Waals surface area contributed by atoms with Crippen molar-refractivity contribution in [2.75, 3.05) is 0 Å². The van der Waals surface area contributed by atoms with Crippen molar-refractivity contribution in [3.05, 3.63) is 127 Å². The van der Waals surface area contributed by atoms with Crippen molar-refractivity contribution in [1.29, 1.82) is 10.5 Å². The molecule has 2 heterocycles. The second kappa shape index (κ2) is 11.9. The molecule has 8 rings (SSSR count). The molecule has 1 spiro atoms. The maximum atomic E-state index is 14.6. The Kier molecular flexibility index (Phi) is 7.60. The predicted octanol–water partition coefficient (Wildman–Crippen LogP) is 10.1. The normalized spacial score (nSPS) is 22.3. The van der Waals surface area contributed by atoms with Crippen LogP contribution in [-0.4, -0.2) is 23.0 Å². The number of rotatable bonds is 2. The average Bonchev–Trinajstić information content (AvgIpc) is 3.95. The quantitative estimate of drug-likeness (QED) is 0.150. The minimum Gasteiger partial charge on any atom is -0.287 e. The van der Waals surface area contributed by atoms with Crippen LogP contribution < -0.4 is 0 Å². The van der Waals surface area contributed by atoms with E-state index in [4.69, 9.17) is 18.1 Å². The zero-order chi connectivity index (χ0) is 37.7. The first-order chi connectivity index (χ1) is 25.3. The zero-order valence-corrected chi connectivity index (χ0v) is 29.6. The number of ketones is 2. The van der Waals surface area contributed by atoms with Gasteiger partial charge >= 0.3 is 0 Å². The summed E-state index contributed by atoms with van der Waals surface area (Å²) in [6, 6.07) is 11.6. The minimum atomic E-state index is -1.24. The van der Waals surface area contributed by atoms with E-state index in [0.717, 1.165) is 51.9 Å². The molecule has 0 N–H and O–H groups in total. The van der Waals surface area contributed by atoms with Crippen LogP contribution in [-0.2, 0) is 5.41 Å². The standard InChI is InChI=1S/C40H21F3N6O2S2/c1-16-6-19-21(8-25(16)41)36(50)34(32(19)28(14-44)46-4)48-30-10-23-38(52-30)39-24(40(23)12-17(2)18(3)13-40)11-31(53-39)49-35-33(29(15-45)47-5)20-7-26(42)27(43)9-22(20)37(35)51/h6-11,17-18H,12-13H2,1-3H3/b32-28?,33-29+,48-34?,49-35?/t17-,18-/m0/s1. The van der Waals surface area contributed by atoms with Crippen molar-refractivity contribution in [3.8, 4) is 21.9 Å². The van der Waals surface area contributed by atoms with Gasteiger partial charge in [0.05, 0.1) is 35.0 Å². The number of carbonyl (C=O) groups excluding carboxylic acids is 2. The number of hydrogen-bond acceptors (Lipinski definition) is 8. The van der Waals surface area contributed by atoms with E-state index in [9.17, 15) is 33.3 Å². The lowest BCUT2D eigenvalue weighted by atomic mass is 9.77. The molecule has 4 aliphatic carbocycles. The number of aryl methyl sites for hydroxylation is 1. The SMILES string of the molecule is [C-]#[N+]C(C#N)=C1C(=Nc2cc3c(s2)-c2sc(N=C4C(=O)c5cc(F)c(F)cc5/C4=C(/C#N)[N+]#[C-])cc2C32C[C@H](C)[C@@H](C)C2)C(=O)c2cc(F)c(C)cc21. The van der Waals surface area contributed by atoms with E-state index >= 15 is 0 Å². The minimum absolute atomic E-state index is 0.0295. The highest BCUT2D eigenvalue weighted by Crippen LogP contribution is 2.65. The van der Waals surface area contributed by atoms with Gasteiger partial charge in [-0.05, 0) is 95.8 Å². The fourth-order valence-corrected chi connectivity index (χ4v) is 10.5. The summed E-state index contributed by atoms with van der Waals surface area (Å²) in [6.45, 7) is 21.1. The number of benzene rings is 2. The van der Waals surface area contributed by atoms with Gasteiger partial charge in [-0.15, -0.1) is 22.7 Å². The molecule has 0 aliphatic heterocycles. The van der Waals surface area contributed by atoms with Gasteiger partial charge in [0, 0.05) is 27.7 Å². The smallest absolute Gasteiger partial charge is 0.271 e. The van der Waals surface area contributed by atoms with Crippen LogP contribution in [0.25, 0.3) is 30.6 Å². The summed E-state index contributed by atoms with van der Waals surface area (Å²) in [7, 11) is 0. The van der Waals surface area contributed by atoms with Crippen LogP contribution in [0.1, 0.15) is 75.2 Å². The molecule has 0 radical (unpaired) electrons. The van der Waals surface area contributed by atoms with E-state index in [0.29, 0.717) is 21.8 Å². The lowest BCUT2D eigenvalue weighted by Crippen LogP contribution is -2.20.